The summed E-state index contributed by atoms with van der Waals surface area (Å²) in [5, 5.41) is 9.42. The average Bonchev–Trinajstić information content (AvgIpc) is 2.61. The van der Waals surface area contributed by atoms with Crippen LogP contribution < -0.4 is 4.74 Å². The average molecular weight is 392 g/mol. The van der Waals surface area contributed by atoms with Crippen molar-refractivity contribution >= 4 is 17.9 Å². The molecule has 1 N–H and O–H groups in total. The zero-order valence-corrected chi connectivity index (χ0v) is 13.7. The minimum absolute atomic E-state index is 0.117. The molecule has 0 spiro atoms. The van der Waals surface area contributed by atoms with Crippen molar-refractivity contribution in [3.05, 3.63) is 42.5 Å². The van der Waals surface area contributed by atoms with Crippen molar-refractivity contribution in [3.8, 4) is 5.75 Å². The van der Waals surface area contributed by atoms with Gasteiger partial charge in [0, 0.05) is 6.08 Å². The van der Waals surface area contributed by atoms with Gasteiger partial charge in [-0.25, -0.2) is 14.4 Å². The Morgan fingerprint density at radius 3 is 2.22 bits per heavy atom. The van der Waals surface area contributed by atoms with E-state index in [4.69, 9.17) is 0 Å². The lowest BCUT2D eigenvalue weighted by molar-refractivity contribution is -0.274. The van der Waals surface area contributed by atoms with Crippen LogP contribution in [0.25, 0.3) is 0 Å². The number of hydrogen-bond acceptors (Lipinski definition) is 8. The van der Waals surface area contributed by atoms with Crippen LogP contribution in [0.4, 0.5) is 13.2 Å². The van der Waals surface area contributed by atoms with E-state index in [0.29, 0.717) is 0 Å². The Hall–Kier alpha value is -3.08. The van der Waals surface area contributed by atoms with E-state index in [2.05, 4.69) is 25.5 Å². The number of aliphatic hydroxyl groups excluding tert-OH is 1. The number of carbonyl (C=O) groups is 3. The molecule has 148 valence electrons. The first kappa shape index (κ1) is 22.0. The van der Waals surface area contributed by atoms with Crippen LogP contribution in [0.1, 0.15) is 10.4 Å². The number of aliphatic hydroxyl groups is 1. The van der Waals surface area contributed by atoms with E-state index in [1.165, 1.54) is 0 Å². The van der Waals surface area contributed by atoms with Gasteiger partial charge in [0.25, 0.3) is 0 Å². The zero-order chi connectivity index (χ0) is 20.4. The van der Waals surface area contributed by atoms with Gasteiger partial charge in [0.1, 0.15) is 25.1 Å². The minimum atomic E-state index is -4.86. The Balaban J connectivity index is 2.35. The number of esters is 3. The number of halogens is 3. The molecule has 0 aliphatic heterocycles. The van der Waals surface area contributed by atoms with E-state index >= 15 is 0 Å². The van der Waals surface area contributed by atoms with Crippen molar-refractivity contribution in [1.29, 1.82) is 0 Å². The maximum absolute atomic E-state index is 12.0. The normalized spacial score (nSPS) is 11.9. The van der Waals surface area contributed by atoms with Gasteiger partial charge in [-0.15, -0.1) is 13.2 Å². The summed E-state index contributed by atoms with van der Waals surface area (Å²) in [6.45, 7) is 1.42. The highest BCUT2D eigenvalue weighted by atomic mass is 19.4. The highest BCUT2D eigenvalue weighted by Crippen LogP contribution is 2.22. The molecule has 0 fully saturated rings. The monoisotopic (exact) mass is 392 g/mol. The van der Waals surface area contributed by atoms with Crippen LogP contribution in [0.2, 0.25) is 0 Å². The highest BCUT2D eigenvalue weighted by molar-refractivity contribution is 5.90. The fourth-order valence-corrected chi connectivity index (χ4v) is 1.52. The van der Waals surface area contributed by atoms with Crippen LogP contribution in [0, 0.1) is 0 Å². The van der Waals surface area contributed by atoms with Crippen LogP contribution >= 0.6 is 0 Å². The molecular formula is C16H15F3O8. The van der Waals surface area contributed by atoms with Crippen LogP contribution in [0.3, 0.4) is 0 Å². The van der Waals surface area contributed by atoms with E-state index in [-0.39, 0.29) is 5.56 Å². The lowest BCUT2D eigenvalue weighted by Gasteiger charge is -2.11. The van der Waals surface area contributed by atoms with Gasteiger partial charge in [0.15, 0.2) is 6.61 Å². The van der Waals surface area contributed by atoms with Gasteiger partial charge in [-0.05, 0) is 24.3 Å². The van der Waals surface area contributed by atoms with Crippen molar-refractivity contribution in [1.82, 2.24) is 0 Å². The molecule has 0 aromatic heterocycles. The molecule has 0 amide bonds. The SMILES string of the molecule is C=CC(=O)OCC(O)COC(=O)COC(=O)c1ccc(OC(F)(F)F)cc1. The van der Waals surface area contributed by atoms with Gasteiger partial charge >= 0.3 is 24.3 Å². The van der Waals surface area contributed by atoms with Crippen molar-refractivity contribution < 1.29 is 51.6 Å². The van der Waals surface area contributed by atoms with E-state index in [9.17, 15) is 32.7 Å². The molecule has 1 atom stereocenters. The number of rotatable bonds is 9. The lowest BCUT2D eigenvalue weighted by atomic mass is 10.2. The molecule has 0 saturated heterocycles. The summed E-state index contributed by atoms with van der Waals surface area (Å²) in [5.74, 6) is -3.26. The van der Waals surface area contributed by atoms with Crippen molar-refractivity contribution in [2.45, 2.75) is 12.5 Å². The van der Waals surface area contributed by atoms with Gasteiger partial charge < -0.3 is 24.1 Å². The van der Waals surface area contributed by atoms with Crippen LogP contribution in [-0.2, 0) is 23.8 Å². The molecule has 8 nitrogen and oxygen atoms in total. The molecule has 1 aromatic carbocycles. The molecule has 0 aliphatic carbocycles. The molecule has 27 heavy (non-hydrogen) atoms. The van der Waals surface area contributed by atoms with Gasteiger partial charge in [-0.3, -0.25) is 0 Å². The minimum Gasteiger partial charge on any atom is -0.460 e. The van der Waals surface area contributed by atoms with Gasteiger partial charge in [-0.2, -0.15) is 0 Å². The third-order valence-corrected chi connectivity index (χ3v) is 2.67. The first-order chi connectivity index (χ1) is 12.6. The summed E-state index contributed by atoms with van der Waals surface area (Å²) in [6.07, 6.45) is -5.25. The Bertz CT molecular complexity index is 669. The maximum atomic E-state index is 12.0. The molecule has 0 heterocycles. The van der Waals surface area contributed by atoms with Gasteiger partial charge in [0.2, 0.25) is 0 Å². The molecule has 11 heteroatoms. The first-order valence-corrected chi connectivity index (χ1v) is 7.26. The molecule has 0 saturated carbocycles. The summed E-state index contributed by atoms with van der Waals surface area (Å²) in [5.41, 5.74) is -0.117. The Kier molecular flexibility index (Phi) is 8.27. The number of ether oxygens (including phenoxy) is 4. The number of benzene rings is 1. The second-order valence-corrected chi connectivity index (χ2v) is 4.82. The summed E-state index contributed by atoms with van der Waals surface area (Å²) in [6, 6.07) is 3.85. The van der Waals surface area contributed by atoms with Crippen molar-refractivity contribution in [3.63, 3.8) is 0 Å². The maximum Gasteiger partial charge on any atom is 0.573 e. The summed E-state index contributed by atoms with van der Waals surface area (Å²) in [7, 11) is 0. The molecule has 0 aliphatic rings. The van der Waals surface area contributed by atoms with Crippen molar-refractivity contribution in [2.75, 3.05) is 19.8 Å². The summed E-state index contributed by atoms with van der Waals surface area (Å²) >= 11 is 0. The molecule has 1 unspecified atom stereocenters. The predicted octanol–water partition coefficient (Wildman–Crippen LogP) is 1.38. The predicted molar refractivity (Wildman–Crippen MR) is 81.5 cm³/mol. The van der Waals surface area contributed by atoms with E-state index in [1.807, 2.05) is 0 Å². The quantitative estimate of drug-likeness (QED) is 0.381. The van der Waals surface area contributed by atoms with Crippen molar-refractivity contribution in [2.24, 2.45) is 0 Å². The topological polar surface area (TPSA) is 108 Å². The second kappa shape index (κ2) is 10.2. The van der Waals surface area contributed by atoms with Gasteiger partial charge in [-0.1, -0.05) is 6.58 Å². The second-order valence-electron chi connectivity index (χ2n) is 4.82. The van der Waals surface area contributed by atoms with Gasteiger partial charge in [0.05, 0.1) is 5.56 Å². The summed E-state index contributed by atoms with van der Waals surface area (Å²) in [4.78, 5) is 33.9. The van der Waals surface area contributed by atoms with Crippen LogP contribution in [0.15, 0.2) is 36.9 Å². The fourth-order valence-electron chi connectivity index (χ4n) is 1.52. The van der Waals surface area contributed by atoms with Crippen LogP contribution in [0.5, 0.6) is 5.75 Å². The summed E-state index contributed by atoms with van der Waals surface area (Å²) < 4.78 is 53.5. The first-order valence-electron chi connectivity index (χ1n) is 7.26. The number of carbonyl (C=O) groups excluding carboxylic acids is 3. The van der Waals surface area contributed by atoms with E-state index < -0.39 is 55.9 Å². The molecule has 0 radical (unpaired) electrons. The number of alkyl halides is 3. The lowest BCUT2D eigenvalue weighted by Crippen LogP contribution is -2.26. The third-order valence-electron chi connectivity index (χ3n) is 2.67. The fraction of sp³-hybridized carbons (Fsp3) is 0.312. The Morgan fingerprint density at radius 2 is 1.67 bits per heavy atom. The molecule has 0 bridgehead atoms. The smallest absolute Gasteiger partial charge is 0.460 e. The largest absolute Gasteiger partial charge is 0.573 e. The third kappa shape index (κ3) is 9.26. The Labute approximate surface area is 151 Å². The highest BCUT2D eigenvalue weighted by Gasteiger charge is 2.31. The molecule has 1 rings (SSSR count). The Morgan fingerprint density at radius 1 is 1.07 bits per heavy atom. The number of hydrogen-bond donors (Lipinski definition) is 1. The molecule has 1 aromatic rings. The zero-order valence-electron chi connectivity index (χ0n) is 13.7. The van der Waals surface area contributed by atoms with E-state index in [0.717, 1.165) is 30.3 Å². The van der Waals surface area contributed by atoms with E-state index in [1.54, 1.807) is 0 Å². The standard InChI is InChI=1S/C16H15F3O8/c1-2-13(21)24-7-11(20)8-25-14(22)9-26-15(23)10-3-5-12(6-4-10)27-16(17,18)19/h2-6,11,20H,1,7-9H2. The van der Waals surface area contributed by atoms with Crippen LogP contribution in [-0.4, -0.2) is 55.3 Å². The molecular weight excluding hydrogens is 377 g/mol.